The molecule has 0 spiro atoms. The van der Waals surface area contributed by atoms with Gasteiger partial charge in [-0.2, -0.15) is 0 Å². The Labute approximate surface area is 217 Å². The number of rotatable bonds is 7. The molecule has 0 unspecified atom stereocenters. The Balaban J connectivity index is 1.36. The molecule has 0 saturated carbocycles. The van der Waals surface area contributed by atoms with Crippen LogP contribution in [0.1, 0.15) is 11.1 Å². The molecule has 36 heavy (non-hydrogen) atoms. The van der Waals surface area contributed by atoms with Crippen molar-refractivity contribution in [3.63, 3.8) is 0 Å². The first-order valence-corrected chi connectivity index (χ1v) is 12.8. The second kappa shape index (κ2) is 10.7. The van der Waals surface area contributed by atoms with Gasteiger partial charge in [0.2, 0.25) is 5.91 Å². The van der Waals surface area contributed by atoms with Gasteiger partial charge in [-0.3, -0.25) is 4.79 Å². The van der Waals surface area contributed by atoms with Crippen molar-refractivity contribution in [3.05, 3.63) is 82.9 Å². The third-order valence-electron chi connectivity index (χ3n) is 7.33. The molecular weight excluding hydrogens is 474 g/mol. The molecule has 2 heterocycles. The number of halogens is 1. The van der Waals surface area contributed by atoms with Crippen LogP contribution >= 0.6 is 11.6 Å². The highest BCUT2D eigenvalue weighted by Crippen LogP contribution is 2.39. The number of nitrogens with one attached hydrogen (secondary N) is 1. The summed E-state index contributed by atoms with van der Waals surface area (Å²) in [6, 6.07) is 22.2. The summed E-state index contributed by atoms with van der Waals surface area (Å²) in [6.07, 6.45) is 1.44. The zero-order valence-electron chi connectivity index (χ0n) is 20.7. The van der Waals surface area contributed by atoms with E-state index in [2.05, 4.69) is 39.4 Å². The highest BCUT2D eigenvalue weighted by Gasteiger charge is 2.41. The fourth-order valence-electron chi connectivity index (χ4n) is 5.55. The highest BCUT2D eigenvalue weighted by molar-refractivity contribution is 6.31. The van der Waals surface area contributed by atoms with E-state index in [1.54, 1.807) is 14.2 Å². The molecule has 7 heteroatoms. The Kier molecular flexibility index (Phi) is 7.23. The summed E-state index contributed by atoms with van der Waals surface area (Å²) < 4.78 is 11.1. The average molecular weight is 506 g/mol. The van der Waals surface area contributed by atoms with Crippen molar-refractivity contribution < 1.29 is 14.3 Å². The fourth-order valence-corrected chi connectivity index (χ4v) is 5.71. The molecular formula is C29H32ClN3O3. The molecule has 5 rings (SSSR count). The van der Waals surface area contributed by atoms with Gasteiger partial charge in [0, 0.05) is 36.9 Å². The molecule has 1 fully saturated rings. The standard InChI is InChI=1S/C29H32ClN3O3/c1-35-27-10-6-4-7-20(27)13-14-31-29(34)23-17-21-8-3-5-9-24(21)33-16-15-32(19-26(23)33)25-18-22(30)11-12-28(25)36-2/h3-12,18,23,26H,13-17,19H2,1-2H3,(H,31,34)/t23-,26+/m0/s1. The van der Waals surface area contributed by atoms with Crippen LogP contribution in [-0.4, -0.2) is 52.3 Å². The first kappa shape index (κ1) is 24.3. The maximum Gasteiger partial charge on any atom is 0.225 e. The molecule has 0 aromatic heterocycles. The molecule has 1 amide bonds. The number of piperazine rings is 1. The van der Waals surface area contributed by atoms with Crippen LogP contribution in [0.2, 0.25) is 5.02 Å². The number of methoxy groups -OCH3 is 2. The van der Waals surface area contributed by atoms with Gasteiger partial charge in [0.1, 0.15) is 11.5 Å². The van der Waals surface area contributed by atoms with Crippen molar-refractivity contribution in [1.82, 2.24) is 5.32 Å². The van der Waals surface area contributed by atoms with E-state index in [1.165, 1.54) is 11.3 Å². The number of carbonyl (C=O) groups is 1. The predicted octanol–water partition coefficient (Wildman–Crippen LogP) is 4.58. The van der Waals surface area contributed by atoms with Gasteiger partial charge in [0.05, 0.1) is 31.9 Å². The number of nitrogens with zero attached hydrogens (tertiary/aromatic N) is 2. The summed E-state index contributed by atoms with van der Waals surface area (Å²) in [7, 11) is 3.35. The van der Waals surface area contributed by atoms with Gasteiger partial charge < -0.3 is 24.6 Å². The van der Waals surface area contributed by atoms with Gasteiger partial charge in [-0.05, 0) is 54.3 Å². The largest absolute Gasteiger partial charge is 0.496 e. The number of fused-ring (bicyclic) bond motifs is 3. The summed E-state index contributed by atoms with van der Waals surface area (Å²) >= 11 is 6.34. The van der Waals surface area contributed by atoms with Crippen molar-refractivity contribution in [3.8, 4) is 11.5 Å². The van der Waals surface area contributed by atoms with Crippen LogP contribution in [0.25, 0.3) is 0 Å². The molecule has 3 aromatic rings. The van der Waals surface area contributed by atoms with Crippen LogP contribution in [0.3, 0.4) is 0 Å². The van der Waals surface area contributed by atoms with Crippen molar-refractivity contribution in [2.45, 2.75) is 18.9 Å². The molecule has 2 aliphatic rings. The van der Waals surface area contributed by atoms with Crippen molar-refractivity contribution in [1.29, 1.82) is 0 Å². The van der Waals surface area contributed by atoms with Crippen LogP contribution < -0.4 is 24.6 Å². The molecule has 1 saturated heterocycles. The summed E-state index contributed by atoms with van der Waals surface area (Å²) in [5.74, 6) is 1.57. The molecule has 2 atom stereocenters. The van der Waals surface area contributed by atoms with Gasteiger partial charge in [0.15, 0.2) is 0 Å². The average Bonchev–Trinajstić information content (AvgIpc) is 2.92. The smallest absolute Gasteiger partial charge is 0.225 e. The normalized spacial score (nSPS) is 18.8. The molecule has 3 aromatic carbocycles. The minimum absolute atomic E-state index is 0.0450. The van der Waals surface area contributed by atoms with Crippen molar-refractivity contribution in [2.75, 3.05) is 50.2 Å². The predicted molar refractivity (Wildman–Crippen MR) is 145 cm³/mol. The molecule has 0 aliphatic carbocycles. The zero-order chi connectivity index (χ0) is 25.1. The van der Waals surface area contributed by atoms with Gasteiger partial charge >= 0.3 is 0 Å². The minimum Gasteiger partial charge on any atom is -0.496 e. The van der Waals surface area contributed by atoms with E-state index in [-0.39, 0.29) is 17.9 Å². The summed E-state index contributed by atoms with van der Waals surface area (Å²) in [4.78, 5) is 18.3. The summed E-state index contributed by atoms with van der Waals surface area (Å²) in [6.45, 7) is 2.93. The van der Waals surface area contributed by atoms with Crippen LogP contribution in [0.5, 0.6) is 11.5 Å². The van der Waals surface area contributed by atoms with E-state index < -0.39 is 0 Å². The number of anilines is 2. The minimum atomic E-state index is -0.162. The first-order chi connectivity index (χ1) is 17.6. The molecule has 2 aliphatic heterocycles. The second-order valence-corrected chi connectivity index (χ2v) is 9.75. The first-order valence-electron chi connectivity index (χ1n) is 12.4. The van der Waals surface area contributed by atoms with Gasteiger partial charge in [-0.15, -0.1) is 0 Å². The lowest BCUT2D eigenvalue weighted by Crippen LogP contribution is -2.61. The van der Waals surface area contributed by atoms with Crippen molar-refractivity contribution in [2.24, 2.45) is 5.92 Å². The summed E-state index contributed by atoms with van der Waals surface area (Å²) in [5.41, 5.74) is 4.53. The number of amides is 1. The molecule has 0 radical (unpaired) electrons. The van der Waals surface area contributed by atoms with Gasteiger partial charge in [0.25, 0.3) is 0 Å². The second-order valence-electron chi connectivity index (χ2n) is 9.32. The van der Waals surface area contributed by atoms with Crippen LogP contribution in [0.15, 0.2) is 66.7 Å². The number of hydrogen-bond donors (Lipinski definition) is 1. The Morgan fingerprint density at radius 1 is 0.972 bits per heavy atom. The lowest BCUT2D eigenvalue weighted by Gasteiger charge is -2.49. The molecule has 1 N–H and O–H groups in total. The third kappa shape index (κ3) is 4.82. The Morgan fingerprint density at radius 3 is 2.58 bits per heavy atom. The van der Waals surface area contributed by atoms with E-state index in [0.29, 0.717) is 11.6 Å². The number of hydrogen-bond acceptors (Lipinski definition) is 5. The Bertz CT molecular complexity index is 1230. The van der Waals surface area contributed by atoms with Crippen LogP contribution in [0.4, 0.5) is 11.4 Å². The van der Waals surface area contributed by atoms with E-state index in [4.69, 9.17) is 21.1 Å². The van der Waals surface area contributed by atoms with E-state index in [9.17, 15) is 4.79 Å². The van der Waals surface area contributed by atoms with E-state index >= 15 is 0 Å². The number of para-hydroxylation sites is 2. The van der Waals surface area contributed by atoms with E-state index in [1.807, 2.05) is 42.5 Å². The molecule has 6 nitrogen and oxygen atoms in total. The number of carbonyl (C=O) groups excluding carboxylic acids is 1. The van der Waals surface area contributed by atoms with Gasteiger partial charge in [-0.1, -0.05) is 48.0 Å². The maximum absolute atomic E-state index is 13.6. The SMILES string of the molecule is COc1ccccc1CCNC(=O)[C@H]1Cc2ccccc2N2CCN(c3cc(Cl)ccc3OC)C[C@H]12. The van der Waals surface area contributed by atoms with Crippen LogP contribution in [0, 0.1) is 5.92 Å². The number of ether oxygens (including phenoxy) is 2. The Morgan fingerprint density at radius 2 is 1.75 bits per heavy atom. The highest BCUT2D eigenvalue weighted by atomic mass is 35.5. The quantitative estimate of drug-likeness (QED) is 0.509. The monoisotopic (exact) mass is 505 g/mol. The molecule has 188 valence electrons. The van der Waals surface area contributed by atoms with Crippen molar-refractivity contribution >= 4 is 28.9 Å². The lowest BCUT2D eigenvalue weighted by atomic mass is 9.83. The van der Waals surface area contributed by atoms with E-state index in [0.717, 1.165) is 55.2 Å². The lowest BCUT2D eigenvalue weighted by molar-refractivity contribution is -0.125. The maximum atomic E-state index is 13.6. The summed E-state index contributed by atoms with van der Waals surface area (Å²) in [5, 5.41) is 3.89. The Hall–Kier alpha value is -3.38. The topological polar surface area (TPSA) is 54.0 Å². The zero-order valence-corrected chi connectivity index (χ0v) is 21.5. The third-order valence-corrected chi connectivity index (χ3v) is 7.56. The van der Waals surface area contributed by atoms with Gasteiger partial charge in [-0.25, -0.2) is 0 Å². The molecule has 0 bridgehead atoms. The number of benzene rings is 3. The van der Waals surface area contributed by atoms with Crippen LogP contribution in [-0.2, 0) is 17.6 Å². The fraction of sp³-hybridized carbons (Fsp3) is 0.345.